The van der Waals surface area contributed by atoms with E-state index in [0.717, 1.165) is 64.9 Å². The van der Waals surface area contributed by atoms with E-state index in [0.29, 0.717) is 16.8 Å². The predicted octanol–water partition coefficient (Wildman–Crippen LogP) is 9.51. The number of carbonyl (C=O) groups excluding carboxylic acids is 2. The molecule has 3 aliphatic rings. The number of rotatable bonds is 2. The molecule has 1 heterocycles. The molecule has 0 saturated heterocycles. The molecule has 1 saturated carbocycles. The number of allylic oxidation sites excluding steroid dienone is 4. The van der Waals surface area contributed by atoms with Gasteiger partial charge in [-0.05, 0) is 82.4 Å². The molecule has 3 nitrogen and oxygen atoms in total. The lowest BCUT2D eigenvalue weighted by atomic mass is 9.67. The van der Waals surface area contributed by atoms with Gasteiger partial charge in [0, 0.05) is 22.2 Å². The van der Waals surface area contributed by atoms with Crippen molar-refractivity contribution < 1.29 is 18.4 Å². The molecule has 1 aliphatic heterocycles. The Morgan fingerprint density at radius 3 is 1.91 bits per heavy atom. The summed E-state index contributed by atoms with van der Waals surface area (Å²) in [5.41, 5.74) is 2.63. The largest absolute Gasteiger partial charge is 0.308 e. The molecule has 1 spiro atoms. The van der Waals surface area contributed by atoms with Crippen LogP contribution in [0.25, 0.3) is 21.5 Å². The van der Waals surface area contributed by atoms with Crippen LogP contribution in [-0.4, -0.2) is 11.6 Å². The van der Waals surface area contributed by atoms with E-state index in [-0.39, 0.29) is 22.8 Å². The smallest absolute Gasteiger partial charge is 0.197 e. The zero-order chi connectivity index (χ0) is 29.3. The number of halogens is 2. The Bertz CT molecular complexity index is 2010. The quantitative estimate of drug-likeness (QED) is 0.157. The molecule has 5 aromatic carbocycles. The van der Waals surface area contributed by atoms with Crippen molar-refractivity contribution in [2.45, 2.75) is 37.5 Å². The van der Waals surface area contributed by atoms with E-state index < -0.39 is 17.0 Å². The van der Waals surface area contributed by atoms with Gasteiger partial charge in [-0.1, -0.05) is 79.9 Å². The molecule has 8 rings (SSSR count). The van der Waals surface area contributed by atoms with Gasteiger partial charge in [-0.15, -0.1) is 0 Å². The number of hydrogen-bond donors (Lipinski definition) is 0. The van der Waals surface area contributed by atoms with Gasteiger partial charge in [-0.25, -0.2) is 8.78 Å². The van der Waals surface area contributed by atoms with Gasteiger partial charge in [0.25, 0.3) is 0 Å². The number of nitrogens with zero attached hydrogens (tertiary/aromatic N) is 1. The van der Waals surface area contributed by atoms with E-state index in [2.05, 4.69) is 12.1 Å². The van der Waals surface area contributed by atoms with E-state index in [1.54, 1.807) is 29.2 Å². The van der Waals surface area contributed by atoms with Gasteiger partial charge < -0.3 is 4.90 Å². The van der Waals surface area contributed by atoms with E-state index >= 15 is 8.78 Å². The van der Waals surface area contributed by atoms with Crippen LogP contribution in [0.15, 0.2) is 114 Å². The second kappa shape index (κ2) is 9.56. The normalized spacial score (nSPS) is 18.2. The van der Waals surface area contributed by atoms with Gasteiger partial charge in [0.05, 0.1) is 11.3 Å². The fraction of sp³-hybridized carbons (Fsp3) is 0.158. The molecule has 0 aromatic heterocycles. The van der Waals surface area contributed by atoms with Crippen LogP contribution in [-0.2, 0) is 5.41 Å². The van der Waals surface area contributed by atoms with Crippen molar-refractivity contribution in [3.63, 3.8) is 0 Å². The summed E-state index contributed by atoms with van der Waals surface area (Å²) in [5, 5.41) is 3.89. The molecular formula is C38H27F2NO2. The molecule has 0 atom stereocenters. The predicted molar refractivity (Wildman–Crippen MR) is 166 cm³/mol. The minimum Gasteiger partial charge on any atom is -0.308 e. The Kier molecular flexibility index (Phi) is 5.73. The van der Waals surface area contributed by atoms with E-state index in [4.69, 9.17) is 0 Å². The Morgan fingerprint density at radius 2 is 1.26 bits per heavy atom. The molecule has 0 unspecified atom stereocenters. The number of carbonyl (C=O) groups is 2. The molecule has 5 aromatic rings. The first-order valence-electron chi connectivity index (χ1n) is 14.8. The van der Waals surface area contributed by atoms with Crippen molar-refractivity contribution in [1.82, 2.24) is 0 Å². The van der Waals surface area contributed by atoms with Crippen molar-refractivity contribution >= 4 is 44.5 Å². The first kappa shape index (κ1) is 25.8. The summed E-state index contributed by atoms with van der Waals surface area (Å²) in [5.74, 6) is -2.00. The van der Waals surface area contributed by atoms with Gasteiger partial charge in [-0.3, -0.25) is 9.59 Å². The van der Waals surface area contributed by atoms with Gasteiger partial charge in [0.1, 0.15) is 17.3 Å². The van der Waals surface area contributed by atoms with Crippen molar-refractivity contribution in [1.29, 1.82) is 0 Å². The molecule has 0 bridgehead atoms. The third-order valence-electron chi connectivity index (χ3n) is 9.50. The van der Waals surface area contributed by atoms with Crippen LogP contribution in [0, 0.1) is 11.6 Å². The summed E-state index contributed by atoms with van der Waals surface area (Å²) in [6, 6.07) is 27.2. The summed E-state index contributed by atoms with van der Waals surface area (Å²) in [7, 11) is 0. The van der Waals surface area contributed by atoms with E-state index in [1.807, 2.05) is 48.5 Å². The fourth-order valence-electron chi connectivity index (χ4n) is 7.58. The highest BCUT2D eigenvalue weighted by atomic mass is 19.1. The third kappa shape index (κ3) is 3.70. The lowest BCUT2D eigenvalue weighted by Crippen LogP contribution is -2.32. The first-order chi connectivity index (χ1) is 21.0. The van der Waals surface area contributed by atoms with Gasteiger partial charge in [0.15, 0.2) is 11.6 Å². The average molecular weight is 568 g/mol. The highest BCUT2D eigenvalue weighted by Crippen LogP contribution is 2.60. The van der Waals surface area contributed by atoms with Crippen LogP contribution in [0.5, 0.6) is 0 Å². The topological polar surface area (TPSA) is 37.4 Å². The van der Waals surface area contributed by atoms with Crippen LogP contribution >= 0.6 is 0 Å². The summed E-state index contributed by atoms with van der Waals surface area (Å²) >= 11 is 0. The van der Waals surface area contributed by atoms with Gasteiger partial charge in [-0.2, -0.15) is 0 Å². The lowest BCUT2D eigenvalue weighted by molar-refractivity contribution is 0.0988. The monoisotopic (exact) mass is 567 g/mol. The number of anilines is 2. The van der Waals surface area contributed by atoms with Gasteiger partial charge >= 0.3 is 0 Å². The van der Waals surface area contributed by atoms with E-state index in [1.165, 1.54) is 18.2 Å². The summed E-state index contributed by atoms with van der Waals surface area (Å²) < 4.78 is 31.2. The third-order valence-corrected chi connectivity index (χ3v) is 9.50. The summed E-state index contributed by atoms with van der Waals surface area (Å²) in [4.78, 5) is 28.9. The average Bonchev–Trinajstić information content (AvgIpc) is 3.42. The number of Topliss-reactive ketones (excluding diaryl/α,β-unsaturated/α-hetero) is 2. The van der Waals surface area contributed by atoms with Crippen molar-refractivity contribution in [3.05, 3.63) is 143 Å². The van der Waals surface area contributed by atoms with Crippen LogP contribution in [0.3, 0.4) is 0 Å². The Hall–Kier alpha value is -4.90. The molecule has 5 heteroatoms. The maximum Gasteiger partial charge on any atom is 0.197 e. The van der Waals surface area contributed by atoms with Crippen molar-refractivity contribution in [2.24, 2.45) is 0 Å². The second-order valence-electron chi connectivity index (χ2n) is 11.8. The molecule has 0 N–H and O–H groups in total. The first-order valence-corrected chi connectivity index (χ1v) is 14.8. The number of ketones is 2. The Balaban J connectivity index is 1.38. The number of para-hydroxylation sites is 1. The fourth-order valence-corrected chi connectivity index (χ4v) is 7.58. The minimum atomic E-state index is -0.669. The van der Waals surface area contributed by atoms with Crippen LogP contribution in [0.4, 0.5) is 20.2 Å². The van der Waals surface area contributed by atoms with Gasteiger partial charge in [0.2, 0.25) is 0 Å². The maximum atomic E-state index is 15.6. The molecule has 2 aliphatic carbocycles. The molecule has 210 valence electrons. The summed E-state index contributed by atoms with van der Waals surface area (Å²) in [6.45, 7) is 0. The molecule has 0 amide bonds. The zero-order valence-corrected chi connectivity index (χ0v) is 23.4. The molecular weight excluding hydrogens is 540 g/mol. The second-order valence-corrected chi connectivity index (χ2v) is 11.8. The minimum absolute atomic E-state index is 0.0681. The van der Waals surface area contributed by atoms with E-state index in [9.17, 15) is 9.59 Å². The van der Waals surface area contributed by atoms with Crippen molar-refractivity contribution in [3.8, 4) is 0 Å². The highest BCUT2D eigenvalue weighted by molar-refractivity contribution is 6.40. The molecule has 0 radical (unpaired) electrons. The maximum absolute atomic E-state index is 15.6. The Labute approximate surface area is 247 Å². The number of hydrogen-bond acceptors (Lipinski definition) is 3. The van der Waals surface area contributed by atoms with Crippen LogP contribution in [0.2, 0.25) is 0 Å². The number of benzene rings is 5. The lowest BCUT2D eigenvalue weighted by Gasteiger charge is -2.37. The van der Waals surface area contributed by atoms with Crippen LogP contribution < -0.4 is 4.90 Å². The molecule has 1 fully saturated rings. The van der Waals surface area contributed by atoms with Crippen molar-refractivity contribution in [2.75, 3.05) is 4.90 Å². The SMILES string of the molecule is O=C1C(=C/C=C2\N(c3c(F)cccc3F)c3ccc4ccccc4c3C23CCCCC3)C(=O)c2cc3ccccc3cc21. The zero-order valence-electron chi connectivity index (χ0n) is 23.4. The summed E-state index contributed by atoms with van der Waals surface area (Å²) in [6.07, 6.45) is 7.94. The molecule has 43 heavy (non-hydrogen) atoms. The Morgan fingerprint density at radius 1 is 0.651 bits per heavy atom. The van der Waals surface area contributed by atoms with Crippen LogP contribution in [0.1, 0.15) is 58.4 Å². The highest BCUT2D eigenvalue weighted by Gasteiger charge is 2.50. The number of fused-ring (bicyclic) bond motifs is 6. The standard InChI is InChI=1S/C38H27F2NO2/c39-30-13-8-14-31(40)35(30)41-32-17-15-23-9-4-5-12-26(23)34(32)38(19-6-1-7-20-38)33(41)18-16-27-36(42)28-21-24-10-2-3-11-25(24)22-29(28)37(27)43/h2-5,8-18,21-22H,1,6-7,19-20H2/b33-18-.